The monoisotopic (exact) mass is 196 g/mol. The lowest BCUT2D eigenvalue weighted by atomic mass is 9.77. The summed E-state index contributed by atoms with van der Waals surface area (Å²) in [7, 11) is 0. The molecule has 0 atom stereocenters. The van der Waals surface area contributed by atoms with Crippen LogP contribution >= 0.6 is 0 Å². The minimum atomic E-state index is -0.213. The van der Waals surface area contributed by atoms with Gasteiger partial charge in [0.15, 0.2) is 0 Å². The van der Waals surface area contributed by atoms with Crippen molar-refractivity contribution >= 4 is 5.78 Å². The van der Waals surface area contributed by atoms with E-state index in [-0.39, 0.29) is 11.3 Å². The molecular weight excluding hydrogens is 172 g/mol. The van der Waals surface area contributed by atoms with Crippen LogP contribution in [0.25, 0.3) is 0 Å². The summed E-state index contributed by atoms with van der Waals surface area (Å²) in [6.45, 7) is 14.4. The van der Waals surface area contributed by atoms with Crippen molar-refractivity contribution in [1.29, 1.82) is 0 Å². The van der Waals surface area contributed by atoms with Crippen molar-refractivity contribution in [2.75, 3.05) is 0 Å². The van der Waals surface area contributed by atoms with Gasteiger partial charge in [0, 0.05) is 11.3 Å². The maximum atomic E-state index is 11.9. The fourth-order valence-corrected chi connectivity index (χ4v) is 1.71. The highest BCUT2D eigenvalue weighted by Crippen LogP contribution is 2.30. The Hall–Kier alpha value is -0.590. The SMILES string of the molecule is CC(C)=C(C)CC(C)(C)C(=O)C(C)C. The van der Waals surface area contributed by atoms with Gasteiger partial charge in [-0.3, -0.25) is 4.79 Å². The highest BCUT2D eigenvalue weighted by atomic mass is 16.1. The molecule has 1 nitrogen and oxygen atoms in total. The van der Waals surface area contributed by atoms with Crippen LogP contribution in [0, 0.1) is 11.3 Å². The molecule has 0 N–H and O–H groups in total. The first-order valence-electron chi connectivity index (χ1n) is 5.35. The van der Waals surface area contributed by atoms with Gasteiger partial charge in [-0.1, -0.05) is 38.8 Å². The molecular formula is C13H24O. The second kappa shape index (κ2) is 4.77. The zero-order valence-electron chi connectivity index (χ0n) is 10.7. The average Bonchev–Trinajstić information content (AvgIpc) is 2.01. The second-order valence-electron chi connectivity index (χ2n) is 5.36. The Balaban J connectivity index is 4.66. The molecule has 0 amide bonds. The Morgan fingerprint density at radius 2 is 1.57 bits per heavy atom. The van der Waals surface area contributed by atoms with Gasteiger partial charge < -0.3 is 0 Å². The molecule has 0 saturated heterocycles. The summed E-state index contributed by atoms with van der Waals surface area (Å²) in [4.78, 5) is 11.9. The Kier molecular flexibility index (Phi) is 4.57. The third kappa shape index (κ3) is 3.65. The van der Waals surface area contributed by atoms with Crippen LogP contribution in [0.15, 0.2) is 11.1 Å². The van der Waals surface area contributed by atoms with Crippen molar-refractivity contribution in [3.8, 4) is 0 Å². The Labute approximate surface area is 88.6 Å². The van der Waals surface area contributed by atoms with Gasteiger partial charge in [0.2, 0.25) is 0 Å². The van der Waals surface area contributed by atoms with Crippen LogP contribution in [0.2, 0.25) is 0 Å². The highest BCUT2D eigenvalue weighted by molar-refractivity contribution is 5.86. The Morgan fingerprint density at radius 3 is 1.86 bits per heavy atom. The van der Waals surface area contributed by atoms with E-state index in [0.717, 1.165) is 6.42 Å². The quantitative estimate of drug-likeness (QED) is 0.621. The molecule has 0 spiro atoms. The minimum absolute atomic E-state index is 0.134. The zero-order chi connectivity index (χ0) is 11.5. The van der Waals surface area contributed by atoms with Crippen molar-refractivity contribution in [3.05, 3.63) is 11.1 Å². The third-order valence-corrected chi connectivity index (χ3v) is 2.75. The van der Waals surface area contributed by atoms with Crippen molar-refractivity contribution in [2.45, 2.75) is 54.9 Å². The van der Waals surface area contributed by atoms with Gasteiger partial charge in [0.05, 0.1) is 0 Å². The molecule has 0 radical (unpaired) electrons. The predicted octanol–water partition coefficient (Wildman–Crippen LogP) is 3.98. The first kappa shape index (κ1) is 13.4. The number of allylic oxidation sites excluding steroid dienone is 2. The predicted molar refractivity (Wildman–Crippen MR) is 62.3 cm³/mol. The van der Waals surface area contributed by atoms with E-state index >= 15 is 0 Å². The van der Waals surface area contributed by atoms with Gasteiger partial charge in [-0.2, -0.15) is 0 Å². The van der Waals surface area contributed by atoms with Gasteiger partial charge in [-0.25, -0.2) is 0 Å². The minimum Gasteiger partial charge on any atom is -0.299 e. The molecule has 0 aromatic carbocycles. The number of Topliss-reactive ketones (excluding diaryl/α,β-unsaturated/α-hetero) is 1. The van der Waals surface area contributed by atoms with Crippen molar-refractivity contribution < 1.29 is 4.79 Å². The number of hydrogen-bond acceptors (Lipinski definition) is 1. The molecule has 0 aliphatic carbocycles. The van der Waals surface area contributed by atoms with Crippen LogP contribution in [0.1, 0.15) is 54.9 Å². The molecule has 0 bridgehead atoms. The molecule has 0 heterocycles. The molecule has 1 heteroatoms. The van der Waals surface area contributed by atoms with Crippen molar-refractivity contribution in [2.24, 2.45) is 11.3 Å². The molecule has 0 unspecified atom stereocenters. The smallest absolute Gasteiger partial charge is 0.141 e. The number of carbonyl (C=O) groups is 1. The number of rotatable bonds is 4. The van der Waals surface area contributed by atoms with Crippen LogP contribution in [0.3, 0.4) is 0 Å². The van der Waals surface area contributed by atoms with E-state index in [2.05, 4.69) is 20.8 Å². The first-order valence-corrected chi connectivity index (χ1v) is 5.35. The van der Waals surface area contributed by atoms with E-state index in [1.165, 1.54) is 11.1 Å². The fourth-order valence-electron chi connectivity index (χ4n) is 1.71. The van der Waals surface area contributed by atoms with Gasteiger partial charge in [-0.05, 0) is 27.2 Å². The molecule has 0 aliphatic heterocycles. The third-order valence-electron chi connectivity index (χ3n) is 2.75. The van der Waals surface area contributed by atoms with Crippen LogP contribution in [0.5, 0.6) is 0 Å². The largest absolute Gasteiger partial charge is 0.299 e. The second-order valence-corrected chi connectivity index (χ2v) is 5.36. The van der Waals surface area contributed by atoms with E-state index < -0.39 is 0 Å². The summed E-state index contributed by atoms with van der Waals surface area (Å²) >= 11 is 0. The van der Waals surface area contributed by atoms with Gasteiger partial charge >= 0.3 is 0 Å². The molecule has 0 aliphatic rings. The summed E-state index contributed by atoms with van der Waals surface area (Å²) < 4.78 is 0. The normalized spacial score (nSPS) is 11.7. The van der Waals surface area contributed by atoms with Crippen molar-refractivity contribution in [1.82, 2.24) is 0 Å². The van der Waals surface area contributed by atoms with E-state index in [9.17, 15) is 4.79 Å². The average molecular weight is 196 g/mol. The summed E-state index contributed by atoms with van der Waals surface area (Å²) in [5, 5.41) is 0. The fraction of sp³-hybridized carbons (Fsp3) is 0.769. The molecule has 0 aromatic rings. The summed E-state index contributed by atoms with van der Waals surface area (Å²) in [5.74, 6) is 0.494. The van der Waals surface area contributed by atoms with Crippen LogP contribution in [-0.2, 0) is 4.79 Å². The summed E-state index contributed by atoms with van der Waals surface area (Å²) in [5.41, 5.74) is 2.45. The Morgan fingerprint density at radius 1 is 1.14 bits per heavy atom. The molecule has 14 heavy (non-hydrogen) atoms. The van der Waals surface area contributed by atoms with Crippen molar-refractivity contribution in [3.63, 3.8) is 0 Å². The Bertz CT molecular complexity index is 240. The maximum absolute atomic E-state index is 11.9. The first-order chi connectivity index (χ1) is 6.18. The summed E-state index contributed by atoms with van der Waals surface area (Å²) in [6, 6.07) is 0. The molecule has 0 fully saturated rings. The van der Waals surface area contributed by atoms with E-state index in [0.29, 0.717) is 5.78 Å². The summed E-state index contributed by atoms with van der Waals surface area (Å²) in [6.07, 6.45) is 0.881. The zero-order valence-corrected chi connectivity index (χ0v) is 10.7. The molecule has 82 valence electrons. The van der Waals surface area contributed by atoms with Gasteiger partial charge in [-0.15, -0.1) is 0 Å². The lowest BCUT2D eigenvalue weighted by Gasteiger charge is -2.26. The highest BCUT2D eigenvalue weighted by Gasteiger charge is 2.29. The lowest BCUT2D eigenvalue weighted by Crippen LogP contribution is -2.28. The van der Waals surface area contributed by atoms with Crippen LogP contribution < -0.4 is 0 Å². The lowest BCUT2D eigenvalue weighted by molar-refractivity contribution is -0.130. The van der Waals surface area contributed by atoms with E-state index in [1.54, 1.807) is 0 Å². The maximum Gasteiger partial charge on any atom is 0.141 e. The van der Waals surface area contributed by atoms with Crippen LogP contribution in [-0.4, -0.2) is 5.78 Å². The van der Waals surface area contributed by atoms with Crippen LogP contribution in [0.4, 0.5) is 0 Å². The van der Waals surface area contributed by atoms with Gasteiger partial charge in [0.25, 0.3) is 0 Å². The molecule has 0 rings (SSSR count). The topological polar surface area (TPSA) is 17.1 Å². The number of carbonyl (C=O) groups excluding carboxylic acids is 1. The van der Waals surface area contributed by atoms with Gasteiger partial charge in [0.1, 0.15) is 5.78 Å². The standard InChI is InChI=1S/C13H24O/c1-9(2)11(5)8-13(6,7)12(14)10(3)4/h10H,8H2,1-7H3. The number of ketones is 1. The molecule has 0 aromatic heterocycles. The number of hydrogen-bond donors (Lipinski definition) is 0. The molecule has 0 saturated carbocycles. The van der Waals surface area contributed by atoms with E-state index in [1.807, 2.05) is 27.7 Å². The van der Waals surface area contributed by atoms with E-state index in [4.69, 9.17) is 0 Å².